The topological polar surface area (TPSA) is 102 Å². The minimum Gasteiger partial charge on any atom is -0.507 e. The molecule has 1 amide bonds. The van der Waals surface area contributed by atoms with Gasteiger partial charge in [0, 0.05) is 5.56 Å². The Kier molecular flexibility index (Phi) is 6.23. The van der Waals surface area contributed by atoms with Crippen molar-refractivity contribution in [2.75, 3.05) is 18.6 Å². The van der Waals surface area contributed by atoms with E-state index in [0.717, 1.165) is 0 Å². The normalized spacial score (nSPS) is 17.3. The van der Waals surface area contributed by atoms with Crippen molar-refractivity contribution >= 4 is 33.9 Å². The largest absolute Gasteiger partial charge is 0.507 e. The number of methoxy groups -OCH3 is 1. The van der Waals surface area contributed by atoms with Gasteiger partial charge in [-0.25, -0.2) is 0 Å². The van der Waals surface area contributed by atoms with E-state index in [9.17, 15) is 14.7 Å². The van der Waals surface area contributed by atoms with Crippen LogP contribution in [0.3, 0.4) is 0 Å². The van der Waals surface area contributed by atoms with Crippen molar-refractivity contribution < 1.29 is 24.2 Å². The van der Waals surface area contributed by atoms with E-state index in [-0.39, 0.29) is 16.5 Å². The predicted octanol–water partition coefficient (Wildman–Crippen LogP) is 4.05. The highest BCUT2D eigenvalue weighted by molar-refractivity contribution is 7.15. The van der Waals surface area contributed by atoms with Gasteiger partial charge in [-0.1, -0.05) is 36.1 Å². The molecule has 1 atom stereocenters. The lowest BCUT2D eigenvalue weighted by Gasteiger charge is -2.22. The molecule has 0 aliphatic carbocycles. The Bertz CT molecular complexity index is 1230. The Morgan fingerprint density at radius 3 is 2.36 bits per heavy atom. The molecule has 0 unspecified atom stereocenters. The van der Waals surface area contributed by atoms with E-state index in [2.05, 4.69) is 16.8 Å². The zero-order valence-corrected chi connectivity index (χ0v) is 18.8. The van der Waals surface area contributed by atoms with Crippen molar-refractivity contribution in [2.45, 2.75) is 13.0 Å². The summed E-state index contributed by atoms with van der Waals surface area (Å²) in [7, 11) is 1.53. The molecule has 0 bridgehead atoms. The van der Waals surface area contributed by atoms with E-state index in [0.29, 0.717) is 34.2 Å². The number of hydrogen-bond acceptors (Lipinski definition) is 8. The minimum absolute atomic E-state index is 0.0298. The van der Waals surface area contributed by atoms with Gasteiger partial charge in [-0.05, 0) is 48.9 Å². The zero-order valence-electron chi connectivity index (χ0n) is 18.0. The molecular weight excluding hydrogens is 442 g/mol. The van der Waals surface area contributed by atoms with E-state index >= 15 is 0 Å². The summed E-state index contributed by atoms with van der Waals surface area (Å²) in [5.74, 6) is -0.649. The van der Waals surface area contributed by atoms with Crippen molar-refractivity contribution in [3.8, 4) is 11.5 Å². The lowest BCUT2D eigenvalue weighted by Crippen LogP contribution is -2.29. The molecule has 0 radical (unpaired) electrons. The number of amides is 1. The summed E-state index contributed by atoms with van der Waals surface area (Å²) in [5, 5.41) is 20.1. The third kappa shape index (κ3) is 4.22. The Hall–Kier alpha value is -3.98. The molecule has 8 nitrogen and oxygen atoms in total. The molecule has 9 heteroatoms. The van der Waals surface area contributed by atoms with Crippen molar-refractivity contribution in [1.82, 2.24) is 10.2 Å². The van der Waals surface area contributed by atoms with E-state index in [4.69, 9.17) is 9.47 Å². The predicted molar refractivity (Wildman–Crippen MR) is 125 cm³/mol. The Morgan fingerprint density at radius 1 is 1.12 bits per heavy atom. The van der Waals surface area contributed by atoms with Crippen LogP contribution in [0.25, 0.3) is 5.76 Å². The average Bonchev–Trinajstić information content (AvgIpc) is 3.38. The zero-order chi connectivity index (χ0) is 23.5. The van der Waals surface area contributed by atoms with Crippen molar-refractivity contribution in [2.24, 2.45) is 0 Å². The molecule has 1 N–H and O–H groups in total. The number of carbonyl (C=O) groups excluding carboxylic acids is 2. The summed E-state index contributed by atoms with van der Waals surface area (Å²) in [5.41, 5.74) is 0.971. The number of Topliss-reactive ketones (excluding diaryl/α,β-unsaturated/α-hetero) is 1. The number of benzene rings is 2. The molecule has 1 saturated heterocycles. The van der Waals surface area contributed by atoms with Gasteiger partial charge in [0.1, 0.15) is 28.9 Å². The Labute approximate surface area is 194 Å². The number of ketones is 1. The molecular formula is C24H21N3O5S. The third-order valence-corrected chi connectivity index (χ3v) is 5.93. The number of rotatable bonds is 7. The van der Waals surface area contributed by atoms with Crippen LogP contribution < -0.4 is 14.4 Å². The maximum atomic E-state index is 13.1. The fourth-order valence-corrected chi connectivity index (χ4v) is 4.25. The molecule has 3 aromatic rings. The lowest BCUT2D eigenvalue weighted by atomic mass is 9.95. The van der Waals surface area contributed by atoms with Crippen molar-refractivity contribution in [3.63, 3.8) is 0 Å². The van der Waals surface area contributed by atoms with Crippen LogP contribution in [0.4, 0.5) is 5.13 Å². The highest BCUT2D eigenvalue weighted by Crippen LogP contribution is 2.43. The van der Waals surface area contributed by atoms with Crippen LogP contribution in [-0.4, -0.2) is 40.7 Å². The fourth-order valence-electron chi connectivity index (χ4n) is 3.53. The smallest absolute Gasteiger partial charge is 0.301 e. The van der Waals surface area contributed by atoms with Gasteiger partial charge in [-0.2, -0.15) is 0 Å². The van der Waals surface area contributed by atoms with Crippen molar-refractivity contribution in [3.05, 3.63) is 82.9 Å². The highest BCUT2D eigenvalue weighted by Gasteiger charge is 2.48. The number of aliphatic hydroxyl groups excluding tert-OH is 1. The van der Waals surface area contributed by atoms with E-state index in [1.165, 1.54) is 23.3 Å². The van der Waals surface area contributed by atoms with Gasteiger partial charge in [-0.15, -0.1) is 10.2 Å². The average molecular weight is 464 g/mol. The van der Waals surface area contributed by atoms with Gasteiger partial charge in [0.15, 0.2) is 0 Å². The first kappa shape index (κ1) is 22.2. The van der Waals surface area contributed by atoms with E-state index in [1.807, 2.05) is 0 Å². The molecule has 168 valence electrons. The van der Waals surface area contributed by atoms with E-state index in [1.54, 1.807) is 61.5 Å². The highest BCUT2D eigenvalue weighted by atomic mass is 32.1. The minimum atomic E-state index is -0.882. The molecule has 1 aromatic heterocycles. The number of anilines is 1. The first-order valence-electron chi connectivity index (χ1n) is 10.0. The molecule has 33 heavy (non-hydrogen) atoms. The fraction of sp³-hybridized carbons (Fsp3) is 0.167. The van der Waals surface area contributed by atoms with Crippen LogP contribution in [0.1, 0.15) is 22.2 Å². The van der Waals surface area contributed by atoms with Gasteiger partial charge in [0.2, 0.25) is 5.13 Å². The molecule has 0 saturated carbocycles. The monoisotopic (exact) mass is 463 g/mol. The summed E-state index contributed by atoms with van der Waals surface area (Å²) >= 11 is 1.19. The van der Waals surface area contributed by atoms with Crippen molar-refractivity contribution in [1.29, 1.82) is 0 Å². The number of ether oxygens (including phenoxy) is 2. The standard InChI is InChI=1S/C24H21N3O5S/c1-4-13-32-18-11-5-15(6-12-18)20-19(21(28)16-7-9-17(31-3)10-8-16)22(29)23(30)27(20)24-26-25-14(2)33-24/h4-12,20,28H,1,13H2,2-3H3/t20-/m0/s1. The second kappa shape index (κ2) is 9.25. The van der Waals surface area contributed by atoms with E-state index < -0.39 is 17.7 Å². The maximum absolute atomic E-state index is 13.1. The molecule has 4 rings (SSSR count). The maximum Gasteiger partial charge on any atom is 0.301 e. The van der Waals surface area contributed by atoms with Crippen LogP contribution >= 0.6 is 11.3 Å². The first-order valence-corrected chi connectivity index (χ1v) is 10.9. The number of aliphatic hydroxyl groups is 1. The number of aryl methyl sites for hydroxylation is 1. The number of aromatic nitrogens is 2. The Morgan fingerprint density at radius 2 is 1.79 bits per heavy atom. The van der Waals surface area contributed by atoms with Gasteiger partial charge in [0.05, 0.1) is 18.7 Å². The lowest BCUT2D eigenvalue weighted by molar-refractivity contribution is -0.132. The Balaban J connectivity index is 1.85. The molecule has 1 aliphatic rings. The molecule has 2 heterocycles. The molecule has 1 aliphatic heterocycles. The molecule has 0 spiro atoms. The summed E-state index contributed by atoms with van der Waals surface area (Å²) in [6.45, 7) is 5.73. The second-order valence-electron chi connectivity index (χ2n) is 7.17. The second-order valence-corrected chi connectivity index (χ2v) is 8.33. The first-order chi connectivity index (χ1) is 15.9. The van der Waals surface area contributed by atoms with Gasteiger partial charge in [0.25, 0.3) is 5.78 Å². The van der Waals surface area contributed by atoms with Crippen LogP contribution in [0.5, 0.6) is 11.5 Å². The number of carbonyl (C=O) groups is 2. The summed E-state index contributed by atoms with van der Waals surface area (Å²) < 4.78 is 10.7. The summed E-state index contributed by atoms with van der Waals surface area (Å²) in [6, 6.07) is 12.7. The summed E-state index contributed by atoms with van der Waals surface area (Å²) in [6.07, 6.45) is 1.63. The van der Waals surface area contributed by atoms with Crippen LogP contribution in [0, 0.1) is 6.92 Å². The summed E-state index contributed by atoms with van der Waals surface area (Å²) in [4.78, 5) is 27.5. The van der Waals surface area contributed by atoms with Crippen LogP contribution in [-0.2, 0) is 9.59 Å². The van der Waals surface area contributed by atoms with Gasteiger partial charge < -0.3 is 14.6 Å². The quantitative estimate of drug-likeness (QED) is 0.244. The number of hydrogen-bond donors (Lipinski definition) is 1. The van der Waals surface area contributed by atoms with Gasteiger partial charge >= 0.3 is 5.91 Å². The van der Waals surface area contributed by atoms with Gasteiger partial charge in [-0.3, -0.25) is 14.5 Å². The molecule has 1 fully saturated rings. The number of nitrogens with zero attached hydrogens (tertiary/aromatic N) is 3. The van der Waals surface area contributed by atoms with Crippen LogP contribution in [0.15, 0.2) is 66.8 Å². The SMILES string of the molecule is C=CCOc1ccc([C@H]2C(=C(O)c3ccc(OC)cc3)C(=O)C(=O)N2c2nnc(C)s2)cc1. The van der Waals surface area contributed by atoms with Crippen LogP contribution in [0.2, 0.25) is 0 Å². The molecule has 2 aromatic carbocycles. The third-order valence-electron chi connectivity index (χ3n) is 5.09.